The number of piperidine rings is 1. The molecular formula is C35H53FN6O4S. The van der Waals surface area contributed by atoms with Crippen molar-refractivity contribution in [2.75, 3.05) is 49.9 Å². The van der Waals surface area contributed by atoms with E-state index in [9.17, 15) is 17.6 Å². The number of carbonyl (C=O) groups excluding carboxylic acids is 1. The van der Waals surface area contributed by atoms with Gasteiger partial charge in [0.1, 0.15) is 17.9 Å². The molecule has 0 unspecified atom stereocenters. The van der Waals surface area contributed by atoms with Crippen LogP contribution in [0.25, 0.3) is 0 Å². The van der Waals surface area contributed by atoms with Crippen LogP contribution in [0, 0.1) is 23.1 Å². The zero-order valence-electron chi connectivity index (χ0n) is 28.8. The Morgan fingerprint density at radius 2 is 1.74 bits per heavy atom. The number of carbonyl (C=O) groups is 1. The highest BCUT2D eigenvalue weighted by atomic mass is 32.2. The lowest BCUT2D eigenvalue weighted by Crippen LogP contribution is -2.44. The molecule has 0 radical (unpaired) electrons. The van der Waals surface area contributed by atoms with Crippen LogP contribution in [-0.2, 0) is 10.0 Å². The van der Waals surface area contributed by atoms with Crippen molar-refractivity contribution < 1.29 is 22.3 Å². The Labute approximate surface area is 280 Å². The van der Waals surface area contributed by atoms with Gasteiger partial charge in [0.15, 0.2) is 11.6 Å². The summed E-state index contributed by atoms with van der Waals surface area (Å²) in [6.07, 6.45) is 11.2. The van der Waals surface area contributed by atoms with Crippen LogP contribution in [0.2, 0.25) is 0 Å². The van der Waals surface area contributed by atoms with Gasteiger partial charge in [-0.15, -0.1) is 0 Å². The highest BCUT2D eigenvalue weighted by molar-refractivity contribution is 7.89. The van der Waals surface area contributed by atoms with Crippen LogP contribution in [0.1, 0.15) is 89.9 Å². The zero-order valence-corrected chi connectivity index (χ0v) is 29.6. The first kappa shape index (κ1) is 35.5. The Morgan fingerprint density at radius 1 is 1.04 bits per heavy atom. The van der Waals surface area contributed by atoms with Gasteiger partial charge in [-0.05, 0) is 128 Å². The van der Waals surface area contributed by atoms with Gasteiger partial charge in [0.05, 0.1) is 17.5 Å². The molecule has 1 atom stereocenters. The van der Waals surface area contributed by atoms with Gasteiger partial charge in [0.2, 0.25) is 10.0 Å². The van der Waals surface area contributed by atoms with Gasteiger partial charge in [-0.25, -0.2) is 27.5 Å². The van der Waals surface area contributed by atoms with Gasteiger partial charge < -0.3 is 19.4 Å². The average Bonchev–Trinajstić information content (AvgIpc) is 3.51. The van der Waals surface area contributed by atoms with Crippen LogP contribution in [0.15, 0.2) is 30.7 Å². The molecule has 5 rings (SSSR count). The molecule has 2 saturated heterocycles. The molecule has 3 fully saturated rings. The van der Waals surface area contributed by atoms with Crippen molar-refractivity contribution in [2.45, 2.75) is 91.6 Å². The van der Waals surface area contributed by atoms with E-state index < -0.39 is 15.8 Å². The van der Waals surface area contributed by atoms with E-state index in [-0.39, 0.29) is 35.1 Å². The van der Waals surface area contributed by atoms with Gasteiger partial charge in [-0.2, -0.15) is 0 Å². The fourth-order valence-electron chi connectivity index (χ4n) is 7.79. The molecule has 3 aliphatic rings. The van der Waals surface area contributed by atoms with Crippen LogP contribution in [-0.4, -0.2) is 91.2 Å². The Balaban J connectivity index is 1.16. The van der Waals surface area contributed by atoms with Gasteiger partial charge in [0.25, 0.3) is 5.91 Å². The van der Waals surface area contributed by atoms with Crippen LogP contribution < -0.4 is 14.4 Å². The molecule has 10 nitrogen and oxygen atoms in total. The van der Waals surface area contributed by atoms with Crippen molar-refractivity contribution in [1.82, 2.24) is 24.5 Å². The lowest BCUT2D eigenvalue weighted by Gasteiger charge is -2.46. The van der Waals surface area contributed by atoms with Crippen molar-refractivity contribution >= 4 is 21.7 Å². The summed E-state index contributed by atoms with van der Waals surface area (Å²) >= 11 is 0. The molecular weight excluding hydrogens is 619 g/mol. The summed E-state index contributed by atoms with van der Waals surface area (Å²) in [4.78, 5) is 28.9. The average molecular weight is 673 g/mol. The Kier molecular flexibility index (Phi) is 11.4. The van der Waals surface area contributed by atoms with Crippen molar-refractivity contribution in [1.29, 1.82) is 0 Å². The molecule has 1 saturated carbocycles. The SMILES string of the molecule is CCS(=O)(=O)NCC1CCC2(CC1)CCN(C[C@@H]1CCN(c3ncncc3Oc3ccc(F)cc3C(=O)N(C(C)C)C(C)C)C1)CC2. The van der Waals surface area contributed by atoms with Crippen molar-refractivity contribution in [3.8, 4) is 11.5 Å². The number of rotatable bonds is 12. The summed E-state index contributed by atoms with van der Waals surface area (Å²) in [5, 5.41) is 0. The maximum atomic E-state index is 14.4. The maximum Gasteiger partial charge on any atom is 0.258 e. The predicted octanol–water partition coefficient (Wildman–Crippen LogP) is 5.71. The number of ether oxygens (including phenoxy) is 1. The van der Waals surface area contributed by atoms with Gasteiger partial charge in [-0.1, -0.05) is 0 Å². The van der Waals surface area contributed by atoms with Crippen molar-refractivity contribution in [3.05, 3.63) is 42.1 Å². The second kappa shape index (κ2) is 15.2. The normalized spacial score (nSPS) is 20.8. The molecule has 47 heavy (non-hydrogen) atoms. The summed E-state index contributed by atoms with van der Waals surface area (Å²) < 4.78 is 47.2. The second-order valence-corrected chi connectivity index (χ2v) is 16.5. The Hall–Kier alpha value is -2.83. The van der Waals surface area contributed by atoms with Crippen LogP contribution in [0.5, 0.6) is 11.5 Å². The van der Waals surface area contributed by atoms with E-state index in [0.717, 1.165) is 52.0 Å². The number of amides is 1. The molecule has 2 aromatic rings. The van der Waals surface area contributed by atoms with Gasteiger partial charge >= 0.3 is 0 Å². The Bertz CT molecular complexity index is 1460. The quantitative estimate of drug-likeness (QED) is 0.306. The minimum atomic E-state index is -3.12. The lowest BCUT2D eigenvalue weighted by atomic mass is 9.65. The number of aromatic nitrogens is 2. The molecule has 1 aliphatic carbocycles. The standard InChI is InChI=1S/C35H53FN6O4S/c1-6-47(44,45)39-20-27-9-12-35(13-10-27)14-17-40(18-15-35)22-28-11-16-41(23-28)33-32(21-37-24-38-33)46-31-8-7-29(36)19-30(31)34(43)42(25(2)3)26(4)5/h7-8,19,21,24-28,39H,6,9-18,20,22-23H2,1-5H3/t28-/m0/s1. The zero-order chi connectivity index (χ0) is 33.8. The van der Waals surface area contributed by atoms with Crippen LogP contribution in [0.4, 0.5) is 10.2 Å². The largest absolute Gasteiger partial charge is 0.451 e. The number of likely N-dealkylation sites (tertiary alicyclic amines) is 1. The molecule has 260 valence electrons. The van der Waals surface area contributed by atoms with E-state index in [1.165, 1.54) is 50.2 Å². The molecule has 1 N–H and O–H groups in total. The smallest absolute Gasteiger partial charge is 0.258 e. The highest BCUT2D eigenvalue weighted by Gasteiger charge is 2.39. The van der Waals surface area contributed by atoms with Gasteiger partial charge in [0, 0.05) is 38.3 Å². The number of sulfonamides is 1. The van der Waals surface area contributed by atoms with Crippen LogP contribution in [0.3, 0.4) is 0 Å². The first-order valence-corrected chi connectivity index (χ1v) is 19.1. The highest BCUT2D eigenvalue weighted by Crippen LogP contribution is 2.46. The number of nitrogens with one attached hydrogen (secondary N) is 1. The number of hydrogen-bond acceptors (Lipinski definition) is 8. The predicted molar refractivity (Wildman–Crippen MR) is 183 cm³/mol. The molecule has 1 aromatic carbocycles. The van der Waals surface area contributed by atoms with E-state index in [1.807, 2.05) is 27.7 Å². The number of benzene rings is 1. The molecule has 1 aromatic heterocycles. The van der Waals surface area contributed by atoms with E-state index >= 15 is 0 Å². The number of halogens is 1. The third-order valence-corrected chi connectivity index (χ3v) is 11.9. The molecule has 1 amide bonds. The molecule has 3 heterocycles. The fourth-order valence-corrected chi connectivity index (χ4v) is 8.48. The summed E-state index contributed by atoms with van der Waals surface area (Å²) in [6, 6.07) is 3.95. The second-order valence-electron chi connectivity index (χ2n) is 14.4. The van der Waals surface area contributed by atoms with Crippen LogP contribution >= 0.6 is 0 Å². The first-order chi connectivity index (χ1) is 22.4. The van der Waals surface area contributed by atoms with Crippen molar-refractivity contribution in [3.63, 3.8) is 0 Å². The topological polar surface area (TPSA) is 108 Å². The third kappa shape index (κ3) is 8.80. The molecule has 1 spiro atoms. The Morgan fingerprint density at radius 3 is 2.40 bits per heavy atom. The van der Waals surface area contributed by atoms with E-state index in [1.54, 1.807) is 18.0 Å². The monoisotopic (exact) mass is 672 g/mol. The maximum absolute atomic E-state index is 14.4. The first-order valence-electron chi connectivity index (χ1n) is 17.4. The summed E-state index contributed by atoms with van der Waals surface area (Å²) in [5.74, 6) is 1.74. The summed E-state index contributed by atoms with van der Waals surface area (Å²) in [5.41, 5.74) is 0.590. The molecule has 12 heteroatoms. The van der Waals surface area contributed by atoms with E-state index in [4.69, 9.17) is 4.74 Å². The van der Waals surface area contributed by atoms with E-state index in [0.29, 0.717) is 35.4 Å². The number of hydrogen-bond donors (Lipinski definition) is 1. The van der Waals surface area contributed by atoms with E-state index in [2.05, 4.69) is 24.5 Å². The lowest BCUT2D eigenvalue weighted by molar-refractivity contribution is 0.0475. The summed E-state index contributed by atoms with van der Waals surface area (Å²) in [6.45, 7) is 15.0. The minimum Gasteiger partial charge on any atom is -0.451 e. The number of anilines is 1. The molecule has 0 bridgehead atoms. The summed E-state index contributed by atoms with van der Waals surface area (Å²) in [7, 11) is -3.12. The van der Waals surface area contributed by atoms with Gasteiger partial charge in [-0.3, -0.25) is 4.79 Å². The number of nitrogens with zero attached hydrogens (tertiary/aromatic N) is 5. The third-order valence-electron chi connectivity index (χ3n) is 10.6. The molecule has 2 aliphatic heterocycles. The fraction of sp³-hybridized carbons (Fsp3) is 0.686. The van der Waals surface area contributed by atoms with Crippen molar-refractivity contribution in [2.24, 2.45) is 17.3 Å². The minimum absolute atomic E-state index is 0.0581.